The van der Waals surface area contributed by atoms with Crippen molar-refractivity contribution in [3.8, 4) is 16.8 Å². The lowest BCUT2D eigenvalue weighted by molar-refractivity contribution is 0.00578. The van der Waals surface area contributed by atoms with E-state index in [-0.39, 0.29) is 153 Å². The normalized spacial score (nSPS) is 15.1. The Labute approximate surface area is 352 Å². The van der Waals surface area contributed by atoms with Gasteiger partial charge < -0.3 is 13.9 Å². The number of rotatable bonds is 3. The Balaban J connectivity index is 1.62. The predicted molar refractivity (Wildman–Crippen MR) is 256 cm³/mol. The molecule has 56 heavy (non-hydrogen) atoms. The van der Waals surface area contributed by atoms with Gasteiger partial charge in [0.1, 0.15) is 141 Å². The summed E-state index contributed by atoms with van der Waals surface area (Å²) in [4.78, 5) is 0. The molecule has 5 aromatic carbocycles. The van der Waals surface area contributed by atoms with Crippen molar-refractivity contribution in [1.29, 1.82) is 0 Å². The molecule has 3 nitrogen and oxygen atoms in total. The van der Waals surface area contributed by atoms with Crippen LogP contribution >= 0.6 is 0 Å². The fourth-order valence-electron chi connectivity index (χ4n) is 7.67. The molecular weight excluding hydrogens is 660 g/mol. The van der Waals surface area contributed by atoms with E-state index in [1.165, 1.54) is 4.57 Å². The molecule has 0 unspecified atom stereocenters. The zero-order valence-corrected chi connectivity index (χ0v) is 31.2. The highest BCUT2D eigenvalue weighted by molar-refractivity contribution is 6.79. The maximum absolute atomic E-state index is 6.98. The average molecular weight is 672 g/mol. The molecule has 2 heterocycles. The molecule has 1 fully saturated rings. The highest BCUT2D eigenvalue weighted by atomic mass is 16.7. The first-order valence-corrected chi connectivity index (χ1v) is 17.0. The van der Waals surface area contributed by atoms with E-state index in [1.54, 1.807) is 0 Å². The van der Waals surface area contributed by atoms with Gasteiger partial charge in [0.2, 0.25) is 0 Å². The second-order valence-corrected chi connectivity index (χ2v) is 15.1. The maximum Gasteiger partial charge on any atom is 0.493 e. The van der Waals surface area contributed by atoms with E-state index in [4.69, 9.17) is 151 Å². The summed E-state index contributed by atoms with van der Waals surface area (Å²) in [5, 5.41) is 0.816. The Bertz CT molecular complexity index is 2740. The third-order valence-corrected chi connectivity index (χ3v) is 11.6. The molecule has 0 atom stereocenters. The van der Waals surface area contributed by atoms with E-state index in [1.807, 2.05) is 27.7 Å². The SMILES string of the molecule is [B]c1c([B])c(-c2c([B])c([B])c(-n3c4c([B])c([B])c([B])c([B])c4c4c([B])c5c([B])c([B])c([B])c([B])c5c([B])c43)c([B])c2[B])c([B])c([B])c1B1OC(C)(C)C(C)(C)O1. The molecule has 222 valence electrons. The van der Waals surface area contributed by atoms with Crippen LogP contribution in [0.3, 0.4) is 0 Å². The zero-order valence-electron chi connectivity index (χ0n) is 31.2. The summed E-state index contributed by atoms with van der Waals surface area (Å²) in [6.45, 7) is 7.49. The van der Waals surface area contributed by atoms with Crippen LogP contribution in [0.5, 0.6) is 0 Å². The molecule has 1 aromatic heterocycles. The largest absolute Gasteiger partial charge is 0.493 e. The van der Waals surface area contributed by atoms with E-state index >= 15 is 0 Å². The van der Waals surface area contributed by atoms with Crippen molar-refractivity contribution in [2.45, 2.75) is 38.9 Å². The molecule has 6 aromatic rings. The first-order valence-electron chi connectivity index (χ1n) is 17.0. The minimum absolute atomic E-state index is 0.000377. The molecule has 0 aliphatic carbocycles. The van der Waals surface area contributed by atoms with Gasteiger partial charge in [-0.05, 0) is 60.4 Å². The van der Waals surface area contributed by atoms with Crippen LogP contribution < -0.4 is 104 Å². The van der Waals surface area contributed by atoms with Crippen LogP contribution in [-0.2, 0) is 9.31 Å². The van der Waals surface area contributed by atoms with E-state index in [0.717, 1.165) is 0 Å². The molecule has 1 aliphatic heterocycles. The Morgan fingerprint density at radius 1 is 0.339 bits per heavy atom. The molecule has 36 radical (unpaired) electrons. The molecule has 0 N–H and O–H groups in total. The molecule has 1 saturated heterocycles. The minimum Gasteiger partial charge on any atom is -0.399 e. The first kappa shape index (κ1) is 41.5. The number of fused-ring (bicyclic) bond motifs is 4. The minimum atomic E-state index is -1.01. The molecule has 0 spiro atoms. The van der Waals surface area contributed by atoms with Gasteiger partial charge in [0, 0.05) is 22.1 Å². The Kier molecular flexibility index (Phi) is 9.94. The Morgan fingerprint density at radius 3 is 1.09 bits per heavy atom. The quantitative estimate of drug-likeness (QED) is 0.175. The third kappa shape index (κ3) is 5.32. The highest BCUT2D eigenvalue weighted by Crippen LogP contribution is 2.36. The van der Waals surface area contributed by atoms with Gasteiger partial charge in [0.05, 0.1) is 11.2 Å². The second kappa shape index (κ2) is 13.4. The Morgan fingerprint density at radius 2 is 0.661 bits per heavy atom. The molecular formula is C34H12B19NO2. The van der Waals surface area contributed by atoms with E-state index in [2.05, 4.69) is 0 Å². The lowest BCUT2D eigenvalue weighted by atomic mass is 9.54. The van der Waals surface area contributed by atoms with Crippen LogP contribution in [0.4, 0.5) is 0 Å². The van der Waals surface area contributed by atoms with Crippen molar-refractivity contribution in [2.24, 2.45) is 0 Å². The van der Waals surface area contributed by atoms with Crippen molar-refractivity contribution in [3.05, 3.63) is 0 Å². The number of hydrogen-bond donors (Lipinski definition) is 0. The number of aromatic nitrogens is 1. The zero-order chi connectivity index (χ0) is 41.7. The molecule has 0 saturated carbocycles. The van der Waals surface area contributed by atoms with Gasteiger partial charge in [-0.3, -0.25) is 0 Å². The molecule has 22 heteroatoms. The summed E-state index contributed by atoms with van der Waals surface area (Å²) in [6, 6.07) is 0. The topological polar surface area (TPSA) is 23.4 Å². The van der Waals surface area contributed by atoms with Gasteiger partial charge in [0.25, 0.3) is 0 Å². The van der Waals surface area contributed by atoms with Gasteiger partial charge in [-0.25, -0.2) is 0 Å². The summed E-state index contributed by atoms with van der Waals surface area (Å²) in [5.74, 6) is 0. The summed E-state index contributed by atoms with van der Waals surface area (Å²) in [7, 11) is 119. The van der Waals surface area contributed by atoms with Crippen molar-refractivity contribution in [1.82, 2.24) is 4.57 Å². The average Bonchev–Trinajstić information content (AvgIpc) is 3.59. The lowest BCUT2D eigenvalue weighted by Crippen LogP contribution is -2.63. The summed E-state index contributed by atoms with van der Waals surface area (Å²) in [5.41, 5.74) is -1.59. The smallest absolute Gasteiger partial charge is 0.399 e. The van der Waals surface area contributed by atoms with E-state index in [9.17, 15) is 0 Å². The lowest BCUT2D eigenvalue weighted by Gasteiger charge is -2.32. The van der Waals surface area contributed by atoms with Crippen LogP contribution in [0.2, 0.25) is 0 Å². The van der Waals surface area contributed by atoms with Crippen LogP contribution in [0.15, 0.2) is 0 Å². The number of benzene rings is 5. The van der Waals surface area contributed by atoms with Crippen LogP contribution in [0, 0.1) is 0 Å². The van der Waals surface area contributed by atoms with Crippen molar-refractivity contribution >= 4 is 285 Å². The van der Waals surface area contributed by atoms with E-state index in [0.29, 0.717) is 0 Å². The molecule has 7 rings (SSSR count). The first-order chi connectivity index (χ1) is 25.8. The fourth-order valence-corrected chi connectivity index (χ4v) is 7.67. The van der Waals surface area contributed by atoms with Gasteiger partial charge in [-0.2, -0.15) is 0 Å². The molecule has 0 amide bonds. The highest BCUT2D eigenvalue weighted by Gasteiger charge is 2.52. The second-order valence-electron chi connectivity index (χ2n) is 15.1. The van der Waals surface area contributed by atoms with Gasteiger partial charge in [0.15, 0.2) is 0 Å². The van der Waals surface area contributed by atoms with Gasteiger partial charge >= 0.3 is 7.12 Å². The predicted octanol–water partition coefficient (Wildman–Crippen LogP) is -13.8. The maximum atomic E-state index is 6.98. The third-order valence-electron chi connectivity index (χ3n) is 11.6. The van der Waals surface area contributed by atoms with Crippen LogP contribution in [0.1, 0.15) is 27.7 Å². The number of nitrogens with zero attached hydrogens (tertiary/aromatic N) is 1. The van der Waals surface area contributed by atoms with Crippen LogP contribution in [0.25, 0.3) is 49.4 Å². The molecule has 0 bridgehead atoms. The summed E-state index contributed by atoms with van der Waals surface area (Å²) >= 11 is 0. The van der Waals surface area contributed by atoms with Crippen molar-refractivity contribution in [3.63, 3.8) is 0 Å². The monoisotopic (exact) mass is 675 g/mol. The van der Waals surface area contributed by atoms with Gasteiger partial charge in [-0.15, -0.1) is 32.8 Å². The standard InChI is InChI=1S/C34H12B19NO2/c1-33(2)34(3,4)56-53(55-33)29-24(48)14(38)6(15(39)25(29)49)7-16(40)26(50)32(27(51)17(7)41)54-30-9(10-18(42)22(46)23(47)28(52)31(10)54)11(35)5-8(19(30)43)13(37)21(45)20(44)12(5)36/h1-4H3. The van der Waals surface area contributed by atoms with Crippen molar-refractivity contribution in [2.75, 3.05) is 0 Å². The van der Waals surface area contributed by atoms with Crippen LogP contribution in [-0.4, -0.2) is 164 Å². The fraction of sp³-hybridized carbons (Fsp3) is 0.176. The number of hydrogen-bond acceptors (Lipinski definition) is 2. The summed E-state index contributed by atoms with van der Waals surface area (Å²) in [6.07, 6.45) is 0. The molecule has 1 aliphatic rings. The van der Waals surface area contributed by atoms with E-state index < -0.39 is 18.3 Å². The van der Waals surface area contributed by atoms with Gasteiger partial charge in [-0.1, -0.05) is 65.6 Å². The Hall–Kier alpha value is -2.69. The summed E-state index contributed by atoms with van der Waals surface area (Å²) < 4.78 is 13.9. The van der Waals surface area contributed by atoms with Crippen molar-refractivity contribution < 1.29 is 9.31 Å².